The molecule has 6 nitrogen and oxygen atoms in total. The Hall–Kier alpha value is -1.95. The highest BCUT2D eigenvalue weighted by atomic mass is 16.5. The first-order valence-electron chi connectivity index (χ1n) is 9.82. The summed E-state index contributed by atoms with van der Waals surface area (Å²) in [5.74, 6) is 0.266. The zero-order valence-corrected chi connectivity index (χ0v) is 15.4. The van der Waals surface area contributed by atoms with E-state index in [1.165, 1.54) is 0 Å². The average molecular weight is 357 g/mol. The van der Waals surface area contributed by atoms with Crippen molar-refractivity contribution in [1.29, 1.82) is 0 Å². The van der Waals surface area contributed by atoms with Crippen LogP contribution in [0.15, 0.2) is 18.3 Å². The van der Waals surface area contributed by atoms with Crippen LogP contribution in [0.25, 0.3) is 0 Å². The van der Waals surface area contributed by atoms with E-state index >= 15 is 0 Å². The Morgan fingerprint density at radius 3 is 2.69 bits per heavy atom. The molecule has 6 heteroatoms. The van der Waals surface area contributed by atoms with Crippen LogP contribution in [0.5, 0.6) is 0 Å². The monoisotopic (exact) mass is 357 g/mol. The summed E-state index contributed by atoms with van der Waals surface area (Å²) in [6, 6.07) is 3.74. The van der Waals surface area contributed by atoms with Gasteiger partial charge in [-0.25, -0.2) is 0 Å². The lowest BCUT2D eigenvalue weighted by Gasteiger charge is -2.40. The van der Waals surface area contributed by atoms with E-state index in [0.29, 0.717) is 25.3 Å². The maximum Gasteiger partial charge on any atom is 0.255 e. The molecule has 26 heavy (non-hydrogen) atoms. The van der Waals surface area contributed by atoms with Crippen molar-refractivity contribution in [3.05, 3.63) is 29.6 Å². The van der Waals surface area contributed by atoms with Gasteiger partial charge in [-0.2, -0.15) is 0 Å². The summed E-state index contributed by atoms with van der Waals surface area (Å²) in [6.45, 7) is 5.50. The molecule has 3 atom stereocenters. The van der Waals surface area contributed by atoms with Crippen molar-refractivity contribution in [2.75, 3.05) is 32.8 Å². The minimum Gasteiger partial charge on any atom is -0.376 e. The number of ether oxygens (including phenoxy) is 1. The van der Waals surface area contributed by atoms with Crippen LogP contribution in [0.4, 0.5) is 0 Å². The quantitative estimate of drug-likeness (QED) is 0.827. The van der Waals surface area contributed by atoms with Gasteiger partial charge in [-0.15, -0.1) is 0 Å². The number of carbonyl (C=O) groups excluding carboxylic acids is 2. The SMILES string of the molecule is CCc1ccc(C(=O)N2C[C@H]3OCC[C@H]3[C@H](C(=O)N3CCCC3)C2)cn1. The van der Waals surface area contributed by atoms with Crippen molar-refractivity contribution < 1.29 is 14.3 Å². The second-order valence-corrected chi connectivity index (χ2v) is 7.60. The van der Waals surface area contributed by atoms with E-state index in [0.717, 1.165) is 44.5 Å². The molecule has 0 bridgehead atoms. The summed E-state index contributed by atoms with van der Waals surface area (Å²) >= 11 is 0. The summed E-state index contributed by atoms with van der Waals surface area (Å²) in [4.78, 5) is 34.2. The molecule has 0 spiro atoms. The topological polar surface area (TPSA) is 62.7 Å². The number of aryl methyl sites for hydroxylation is 1. The number of hydrogen-bond acceptors (Lipinski definition) is 4. The lowest BCUT2D eigenvalue weighted by molar-refractivity contribution is -0.139. The first-order valence-corrected chi connectivity index (χ1v) is 9.82. The minimum atomic E-state index is -0.138. The summed E-state index contributed by atoms with van der Waals surface area (Å²) in [5, 5.41) is 0. The Balaban J connectivity index is 1.52. The number of piperidine rings is 1. The van der Waals surface area contributed by atoms with E-state index in [1.54, 1.807) is 11.1 Å². The Morgan fingerprint density at radius 1 is 1.19 bits per heavy atom. The van der Waals surface area contributed by atoms with Gasteiger partial charge in [0.25, 0.3) is 5.91 Å². The lowest BCUT2D eigenvalue weighted by atomic mass is 9.81. The van der Waals surface area contributed by atoms with E-state index in [-0.39, 0.29) is 29.8 Å². The van der Waals surface area contributed by atoms with E-state index in [1.807, 2.05) is 24.0 Å². The average Bonchev–Trinajstić information content (AvgIpc) is 3.37. The van der Waals surface area contributed by atoms with Gasteiger partial charge >= 0.3 is 0 Å². The van der Waals surface area contributed by atoms with E-state index in [9.17, 15) is 9.59 Å². The Labute approximate surface area is 154 Å². The van der Waals surface area contributed by atoms with Crippen molar-refractivity contribution in [2.45, 2.75) is 38.7 Å². The van der Waals surface area contributed by atoms with Gasteiger partial charge in [-0.1, -0.05) is 6.92 Å². The van der Waals surface area contributed by atoms with Gasteiger partial charge in [0.1, 0.15) is 0 Å². The van der Waals surface area contributed by atoms with E-state index in [2.05, 4.69) is 4.98 Å². The molecular formula is C20H27N3O3. The lowest BCUT2D eigenvalue weighted by Crippen LogP contribution is -2.54. The van der Waals surface area contributed by atoms with Crippen LogP contribution < -0.4 is 0 Å². The van der Waals surface area contributed by atoms with Crippen molar-refractivity contribution in [3.8, 4) is 0 Å². The molecule has 140 valence electrons. The summed E-state index contributed by atoms with van der Waals surface area (Å²) < 4.78 is 5.87. The molecule has 0 radical (unpaired) electrons. The fourth-order valence-electron chi connectivity index (χ4n) is 4.52. The molecule has 2 amide bonds. The Kier molecular flexibility index (Phi) is 4.94. The fourth-order valence-corrected chi connectivity index (χ4v) is 4.52. The molecule has 4 heterocycles. The predicted molar refractivity (Wildman–Crippen MR) is 96.7 cm³/mol. The van der Waals surface area contributed by atoms with Crippen LogP contribution in [-0.4, -0.2) is 65.5 Å². The van der Waals surface area contributed by atoms with Crippen molar-refractivity contribution >= 4 is 11.8 Å². The normalized spacial score (nSPS) is 28.3. The molecule has 4 rings (SSSR count). The third-order valence-electron chi connectivity index (χ3n) is 6.05. The number of aromatic nitrogens is 1. The van der Waals surface area contributed by atoms with Crippen LogP contribution in [0, 0.1) is 11.8 Å². The zero-order valence-electron chi connectivity index (χ0n) is 15.4. The highest BCUT2D eigenvalue weighted by molar-refractivity contribution is 5.94. The largest absolute Gasteiger partial charge is 0.376 e. The third-order valence-corrected chi connectivity index (χ3v) is 6.05. The second kappa shape index (κ2) is 7.35. The second-order valence-electron chi connectivity index (χ2n) is 7.60. The molecule has 3 aliphatic rings. The molecule has 3 fully saturated rings. The van der Waals surface area contributed by atoms with Gasteiger partial charge < -0.3 is 14.5 Å². The van der Waals surface area contributed by atoms with Crippen molar-refractivity contribution in [1.82, 2.24) is 14.8 Å². The van der Waals surface area contributed by atoms with Gasteiger partial charge in [0, 0.05) is 50.6 Å². The summed E-state index contributed by atoms with van der Waals surface area (Å²) in [5.41, 5.74) is 1.56. The standard InChI is InChI=1S/C20H27N3O3/c1-2-15-6-5-14(11-21-15)19(24)23-12-17(16-7-10-26-18(16)13-23)20(25)22-8-3-4-9-22/h5-6,11,16-18H,2-4,7-10,12-13H2,1H3/t16-,17+,18+/m0/s1. The van der Waals surface area contributed by atoms with Crippen molar-refractivity contribution in [3.63, 3.8) is 0 Å². The molecule has 3 saturated heterocycles. The molecular weight excluding hydrogens is 330 g/mol. The molecule has 0 unspecified atom stereocenters. The molecule has 0 aliphatic carbocycles. The van der Waals surface area contributed by atoms with Gasteiger partial charge in [0.2, 0.25) is 5.91 Å². The zero-order chi connectivity index (χ0) is 18.1. The van der Waals surface area contributed by atoms with Crippen LogP contribution in [-0.2, 0) is 16.0 Å². The highest BCUT2D eigenvalue weighted by Gasteiger charge is 2.46. The maximum atomic E-state index is 13.1. The van der Waals surface area contributed by atoms with Gasteiger partial charge in [0.15, 0.2) is 0 Å². The van der Waals surface area contributed by atoms with E-state index in [4.69, 9.17) is 4.74 Å². The van der Waals surface area contributed by atoms with Gasteiger partial charge in [-0.3, -0.25) is 14.6 Å². The van der Waals surface area contributed by atoms with Crippen LogP contribution in [0.3, 0.4) is 0 Å². The molecule has 0 N–H and O–H groups in total. The Morgan fingerprint density at radius 2 is 2.00 bits per heavy atom. The first-order chi connectivity index (χ1) is 12.7. The minimum absolute atomic E-state index is 0.0212. The highest BCUT2D eigenvalue weighted by Crippen LogP contribution is 2.35. The first kappa shape index (κ1) is 17.5. The summed E-state index contributed by atoms with van der Waals surface area (Å²) in [6.07, 6.45) is 5.57. The number of fused-ring (bicyclic) bond motifs is 1. The Bertz CT molecular complexity index is 669. The molecule has 0 aromatic carbocycles. The van der Waals surface area contributed by atoms with Crippen LogP contribution >= 0.6 is 0 Å². The van der Waals surface area contributed by atoms with Gasteiger partial charge in [-0.05, 0) is 37.8 Å². The smallest absolute Gasteiger partial charge is 0.255 e. The molecule has 1 aromatic rings. The fraction of sp³-hybridized carbons (Fsp3) is 0.650. The number of rotatable bonds is 3. The molecule has 3 aliphatic heterocycles. The summed E-state index contributed by atoms with van der Waals surface area (Å²) in [7, 11) is 0. The van der Waals surface area contributed by atoms with Crippen LogP contribution in [0.1, 0.15) is 42.2 Å². The third kappa shape index (κ3) is 3.22. The van der Waals surface area contributed by atoms with Crippen molar-refractivity contribution in [2.24, 2.45) is 11.8 Å². The number of carbonyl (C=O) groups is 2. The number of hydrogen-bond donors (Lipinski definition) is 0. The number of amides is 2. The van der Waals surface area contributed by atoms with Crippen LogP contribution in [0.2, 0.25) is 0 Å². The van der Waals surface area contributed by atoms with Gasteiger partial charge in [0.05, 0.1) is 17.6 Å². The molecule has 0 saturated carbocycles. The maximum absolute atomic E-state index is 13.1. The number of pyridine rings is 1. The number of likely N-dealkylation sites (tertiary alicyclic amines) is 2. The predicted octanol–water partition coefficient (Wildman–Crippen LogP) is 1.74. The number of nitrogens with zero attached hydrogens (tertiary/aromatic N) is 3. The molecule has 1 aromatic heterocycles. The van der Waals surface area contributed by atoms with E-state index < -0.39 is 0 Å².